The topological polar surface area (TPSA) is 86.3 Å². The molecule has 2 aromatic rings. The SMILES string of the molecule is COc1cc(-c2ccc(NC3(C(=O)O)CCC(C)(OC)CC3)cc2COC2CCCC2)c(F)c(OC)c1C. The Kier molecular flexibility index (Phi) is 8.52. The van der Waals surface area contributed by atoms with Gasteiger partial charge < -0.3 is 29.4 Å². The van der Waals surface area contributed by atoms with Gasteiger partial charge in [0, 0.05) is 23.9 Å². The molecule has 0 atom stereocenters. The number of benzene rings is 2. The van der Waals surface area contributed by atoms with Gasteiger partial charge in [-0.25, -0.2) is 9.18 Å². The van der Waals surface area contributed by atoms with Crippen molar-refractivity contribution in [1.82, 2.24) is 0 Å². The third-order valence-corrected chi connectivity index (χ3v) is 8.46. The molecule has 0 spiro atoms. The van der Waals surface area contributed by atoms with E-state index in [4.69, 9.17) is 18.9 Å². The van der Waals surface area contributed by atoms with E-state index in [0.717, 1.165) is 31.2 Å². The Labute approximate surface area is 224 Å². The van der Waals surface area contributed by atoms with Crippen LogP contribution in [-0.4, -0.2) is 49.6 Å². The Morgan fingerprint density at radius 1 is 1.05 bits per heavy atom. The molecule has 0 amide bonds. The molecule has 0 saturated heterocycles. The number of anilines is 1. The van der Waals surface area contributed by atoms with Gasteiger partial charge in [-0.05, 0) is 81.7 Å². The largest absolute Gasteiger partial charge is 0.496 e. The van der Waals surface area contributed by atoms with E-state index < -0.39 is 17.3 Å². The molecule has 4 rings (SSSR count). The number of aliphatic carboxylic acids is 1. The Morgan fingerprint density at radius 3 is 2.32 bits per heavy atom. The van der Waals surface area contributed by atoms with Gasteiger partial charge in [0.15, 0.2) is 11.6 Å². The van der Waals surface area contributed by atoms with E-state index in [9.17, 15) is 9.90 Å². The third kappa shape index (κ3) is 5.61. The van der Waals surface area contributed by atoms with Crippen LogP contribution < -0.4 is 14.8 Å². The number of methoxy groups -OCH3 is 3. The molecule has 0 unspecified atom stereocenters. The van der Waals surface area contributed by atoms with E-state index in [1.54, 1.807) is 27.2 Å². The standard InChI is InChI=1S/C30H40FNO6/c1-19-25(35-3)17-24(26(31)27(19)36-4)23-11-10-21(16-20(23)18-38-22-8-6-7-9-22)32-30(28(33)34)14-12-29(2,37-5)13-15-30/h10-11,16-17,22,32H,6-9,12-15,18H2,1-5H3,(H,33,34). The highest BCUT2D eigenvalue weighted by atomic mass is 19.1. The van der Waals surface area contributed by atoms with Crippen molar-refractivity contribution in [3.8, 4) is 22.6 Å². The van der Waals surface area contributed by atoms with Crippen molar-refractivity contribution in [3.63, 3.8) is 0 Å². The van der Waals surface area contributed by atoms with Crippen LogP contribution in [-0.2, 0) is 20.9 Å². The lowest BCUT2D eigenvalue weighted by Crippen LogP contribution is -2.52. The van der Waals surface area contributed by atoms with Crippen molar-refractivity contribution in [2.45, 2.75) is 89.1 Å². The molecule has 208 valence electrons. The number of halogens is 1. The lowest BCUT2D eigenvalue weighted by atomic mass is 9.74. The number of carboxylic acids is 1. The lowest BCUT2D eigenvalue weighted by Gasteiger charge is -2.42. The summed E-state index contributed by atoms with van der Waals surface area (Å²) in [5, 5.41) is 13.5. The number of carbonyl (C=O) groups is 1. The van der Waals surface area contributed by atoms with Gasteiger partial charge in [-0.3, -0.25) is 0 Å². The van der Waals surface area contributed by atoms with E-state index in [1.807, 2.05) is 25.1 Å². The van der Waals surface area contributed by atoms with Crippen molar-refractivity contribution in [2.75, 3.05) is 26.6 Å². The Balaban J connectivity index is 1.72. The molecule has 2 N–H and O–H groups in total. The average Bonchev–Trinajstić information content (AvgIpc) is 3.44. The third-order valence-electron chi connectivity index (χ3n) is 8.46. The van der Waals surface area contributed by atoms with Crippen LogP contribution in [0.25, 0.3) is 11.1 Å². The number of ether oxygens (including phenoxy) is 4. The minimum absolute atomic E-state index is 0.137. The van der Waals surface area contributed by atoms with E-state index in [0.29, 0.717) is 53.8 Å². The second-order valence-electron chi connectivity index (χ2n) is 10.9. The van der Waals surface area contributed by atoms with Crippen LogP contribution in [0.5, 0.6) is 11.5 Å². The van der Waals surface area contributed by atoms with Crippen molar-refractivity contribution in [2.24, 2.45) is 0 Å². The summed E-state index contributed by atoms with van der Waals surface area (Å²) in [6, 6.07) is 7.19. The molecule has 7 nitrogen and oxygen atoms in total. The van der Waals surface area contributed by atoms with Gasteiger partial charge in [0.05, 0.1) is 32.5 Å². The van der Waals surface area contributed by atoms with Crippen LogP contribution in [0.15, 0.2) is 24.3 Å². The second-order valence-corrected chi connectivity index (χ2v) is 10.9. The van der Waals surface area contributed by atoms with Crippen molar-refractivity contribution < 1.29 is 33.2 Å². The van der Waals surface area contributed by atoms with Gasteiger partial charge >= 0.3 is 5.97 Å². The molecule has 38 heavy (non-hydrogen) atoms. The van der Waals surface area contributed by atoms with Crippen LogP contribution in [0, 0.1) is 12.7 Å². The summed E-state index contributed by atoms with van der Waals surface area (Å²) in [5.74, 6) is -0.696. The first kappa shape index (κ1) is 28.2. The number of carboxylic acid groups (broad SMARTS) is 1. The van der Waals surface area contributed by atoms with Gasteiger partial charge in [-0.15, -0.1) is 0 Å². The summed E-state index contributed by atoms with van der Waals surface area (Å²) in [6.07, 6.45) is 6.60. The van der Waals surface area contributed by atoms with Gasteiger partial charge in [-0.2, -0.15) is 0 Å². The Bertz CT molecular complexity index is 1150. The first-order valence-electron chi connectivity index (χ1n) is 13.4. The molecule has 2 saturated carbocycles. The summed E-state index contributed by atoms with van der Waals surface area (Å²) in [5.41, 5.74) is 1.59. The summed E-state index contributed by atoms with van der Waals surface area (Å²) in [6.45, 7) is 4.06. The van der Waals surface area contributed by atoms with E-state index in [2.05, 4.69) is 5.32 Å². The maximum atomic E-state index is 15.7. The van der Waals surface area contributed by atoms with Gasteiger partial charge in [-0.1, -0.05) is 18.9 Å². The molecule has 2 aliphatic carbocycles. The average molecular weight is 530 g/mol. The van der Waals surface area contributed by atoms with Gasteiger partial charge in [0.25, 0.3) is 0 Å². The fraction of sp³-hybridized carbons (Fsp3) is 0.567. The monoisotopic (exact) mass is 529 g/mol. The molecule has 0 aromatic heterocycles. The molecular formula is C30H40FNO6. The molecule has 0 radical (unpaired) electrons. The fourth-order valence-corrected chi connectivity index (χ4v) is 5.75. The molecule has 8 heteroatoms. The molecule has 2 fully saturated rings. The van der Waals surface area contributed by atoms with Gasteiger partial charge in [0.2, 0.25) is 0 Å². The van der Waals surface area contributed by atoms with Crippen LogP contribution in [0.4, 0.5) is 10.1 Å². The molecule has 0 heterocycles. The number of hydrogen-bond donors (Lipinski definition) is 2. The van der Waals surface area contributed by atoms with Gasteiger partial charge in [0.1, 0.15) is 11.3 Å². The molecular weight excluding hydrogens is 489 g/mol. The highest BCUT2D eigenvalue weighted by Gasteiger charge is 2.46. The minimum Gasteiger partial charge on any atom is -0.496 e. The molecule has 0 aliphatic heterocycles. The zero-order valence-electron chi connectivity index (χ0n) is 23.1. The highest BCUT2D eigenvalue weighted by molar-refractivity contribution is 5.84. The smallest absolute Gasteiger partial charge is 0.329 e. The van der Waals surface area contributed by atoms with Crippen LogP contribution in [0.3, 0.4) is 0 Å². The second kappa shape index (κ2) is 11.5. The zero-order valence-corrected chi connectivity index (χ0v) is 23.1. The first-order chi connectivity index (χ1) is 18.1. The zero-order chi connectivity index (χ0) is 27.5. The molecule has 0 bridgehead atoms. The van der Waals surface area contributed by atoms with Crippen molar-refractivity contribution in [1.29, 1.82) is 0 Å². The Morgan fingerprint density at radius 2 is 1.74 bits per heavy atom. The van der Waals surface area contributed by atoms with Crippen molar-refractivity contribution in [3.05, 3.63) is 41.2 Å². The first-order valence-corrected chi connectivity index (χ1v) is 13.4. The van der Waals surface area contributed by atoms with E-state index in [1.165, 1.54) is 7.11 Å². The van der Waals surface area contributed by atoms with E-state index >= 15 is 4.39 Å². The molecule has 2 aromatic carbocycles. The predicted molar refractivity (Wildman–Crippen MR) is 145 cm³/mol. The summed E-state index contributed by atoms with van der Waals surface area (Å²) >= 11 is 0. The van der Waals surface area contributed by atoms with Crippen molar-refractivity contribution >= 4 is 11.7 Å². The number of hydrogen-bond acceptors (Lipinski definition) is 6. The Hall–Kier alpha value is -2.84. The summed E-state index contributed by atoms with van der Waals surface area (Å²) in [4.78, 5) is 12.5. The highest BCUT2D eigenvalue weighted by Crippen LogP contribution is 2.42. The predicted octanol–water partition coefficient (Wildman–Crippen LogP) is 6.49. The van der Waals surface area contributed by atoms with Crippen LogP contribution in [0.2, 0.25) is 0 Å². The maximum Gasteiger partial charge on any atom is 0.329 e. The number of nitrogens with one attached hydrogen (secondary N) is 1. The summed E-state index contributed by atoms with van der Waals surface area (Å²) < 4.78 is 38.4. The maximum absolute atomic E-state index is 15.7. The van der Waals surface area contributed by atoms with Crippen LogP contribution >= 0.6 is 0 Å². The minimum atomic E-state index is -1.11. The fourth-order valence-electron chi connectivity index (χ4n) is 5.75. The summed E-state index contributed by atoms with van der Waals surface area (Å²) in [7, 11) is 4.66. The number of rotatable bonds is 10. The molecule has 2 aliphatic rings. The normalized spacial score (nSPS) is 23.8. The lowest BCUT2D eigenvalue weighted by molar-refractivity contribution is -0.146. The van der Waals surface area contributed by atoms with Crippen LogP contribution in [0.1, 0.15) is 69.4 Å². The quantitative estimate of drug-likeness (QED) is 0.364. The van der Waals surface area contributed by atoms with E-state index in [-0.39, 0.29) is 24.1 Å².